The SMILES string of the molecule is CCn1ncc2ccc3cnc(Nc4ccc(N5CCNCC5)cn4)nc3c21. The average molecular weight is 374 g/mol. The van der Waals surface area contributed by atoms with Crippen LogP contribution in [0.3, 0.4) is 0 Å². The zero-order valence-electron chi connectivity index (χ0n) is 15.8. The monoisotopic (exact) mass is 374 g/mol. The van der Waals surface area contributed by atoms with E-state index in [4.69, 9.17) is 4.98 Å². The lowest BCUT2D eigenvalue weighted by molar-refractivity contribution is 0.589. The maximum absolute atomic E-state index is 4.75. The quantitative estimate of drug-likeness (QED) is 0.568. The van der Waals surface area contributed by atoms with Crippen LogP contribution in [-0.2, 0) is 6.54 Å². The second-order valence-electron chi connectivity index (χ2n) is 6.86. The molecule has 0 unspecified atom stereocenters. The van der Waals surface area contributed by atoms with Crippen LogP contribution in [0.4, 0.5) is 17.5 Å². The molecule has 28 heavy (non-hydrogen) atoms. The number of hydrogen-bond donors (Lipinski definition) is 2. The van der Waals surface area contributed by atoms with Crippen molar-refractivity contribution in [2.45, 2.75) is 13.5 Å². The van der Waals surface area contributed by atoms with Crippen molar-refractivity contribution in [1.82, 2.24) is 30.0 Å². The van der Waals surface area contributed by atoms with Gasteiger partial charge in [-0.2, -0.15) is 5.10 Å². The third-order valence-corrected chi connectivity index (χ3v) is 5.12. The van der Waals surface area contributed by atoms with Gasteiger partial charge in [-0.05, 0) is 19.1 Å². The largest absolute Gasteiger partial charge is 0.368 e. The Morgan fingerprint density at radius 3 is 2.64 bits per heavy atom. The summed E-state index contributed by atoms with van der Waals surface area (Å²) in [4.78, 5) is 16.1. The van der Waals surface area contributed by atoms with Gasteiger partial charge in [0.05, 0.1) is 23.6 Å². The van der Waals surface area contributed by atoms with Gasteiger partial charge >= 0.3 is 0 Å². The van der Waals surface area contributed by atoms with E-state index in [0.29, 0.717) is 5.95 Å². The Hall–Kier alpha value is -3.26. The number of nitrogens with zero attached hydrogens (tertiary/aromatic N) is 6. The Balaban J connectivity index is 1.44. The highest BCUT2D eigenvalue weighted by atomic mass is 15.3. The fourth-order valence-corrected chi connectivity index (χ4v) is 3.65. The second kappa shape index (κ2) is 7.05. The van der Waals surface area contributed by atoms with Gasteiger partial charge in [0.15, 0.2) is 0 Å². The van der Waals surface area contributed by atoms with Crippen LogP contribution in [0.2, 0.25) is 0 Å². The summed E-state index contributed by atoms with van der Waals surface area (Å²) in [6, 6.07) is 8.15. The molecule has 0 spiro atoms. The molecule has 2 N–H and O–H groups in total. The summed E-state index contributed by atoms with van der Waals surface area (Å²) < 4.78 is 1.97. The fraction of sp³-hybridized carbons (Fsp3) is 0.300. The van der Waals surface area contributed by atoms with Crippen LogP contribution in [0.1, 0.15) is 6.92 Å². The van der Waals surface area contributed by atoms with Crippen molar-refractivity contribution < 1.29 is 0 Å². The summed E-state index contributed by atoms with van der Waals surface area (Å²) >= 11 is 0. The Morgan fingerprint density at radius 2 is 1.86 bits per heavy atom. The highest BCUT2D eigenvalue weighted by Crippen LogP contribution is 2.25. The summed E-state index contributed by atoms with van der Waals surface area (Å²) in [5.74, 6) is 1.26. The number of aromatic nitrogens is 5. The lowest BCUT2D eigenvalue weighted by atomic mass is 10.2. The van der Waals surface area contributed by atoms with Gasteiger partial charge in [0.2, 0.25) is 5.95 Å². The van der Waals surface area contributed by atoms with Gasteiger partial charge in [-0.25, -0.2) is 15.0 Å². The minimum absolute atomic E-state index is 0.534. The van der Waals surface area contributed by atoms with E-state index >= 15 is 0 Å². The van der Waals surface area contributed by atoms with Crippen molar-refractivity contribution in [1.29, 1.82) is 0 Å². The molecule has 0 saturated carbocycles. The first kappa shape index (κ1) is 16.9. The molecular formula is C20H22N8. The van der Waals surface area contributed by atoms with Crippen LogP contribution < -0.4 is 15.5 Å². The molecule has 4 aromatic rings. The number of anilines is 3. The summed E-state index contributed by atoms with van der Waals surface area (Å²) in [5, 5.41) is 13.1. The first-order valence-corrected chi connectivity index (χ1v) is 9.62. The molecule has 0 atom stereocenters. The van der Waals surface area contributed by atoms with E-state index in [1.165, 1.54) is 0 Å². The normalized spacial score (nSPS) is 14.7. The second-order valence-corrected chi connectivity index (χ2v) is 6.86. The van der Waals surface area contributed by atoms with Gasteiger partial charge in [0.25, 0.3) is 0 Å². The zero-order valence-corrected chi connectivity index (χ0v) is 15.8. The first-order chi connectivity index (χ1) is 13.8. The van der Waals surface area contributed by atoms with Crippen LogP contribution in [0, 0.1) is 0 Å². The molecule has 1 saturated heterocycles. The molecule has 0 radical (unpaired) electrons. The molecule has 0 amide bonds. The van der Waals surface area contributed by atoms with Crippen molar-refractivity contribution in [2.24, 2.45) is 0 Å². The molecule has 8 nitrogen and oxygen atoms in total. The van der Waals surface area contributed by atoms with E-state index in [1.54, 1.807) is 0 Å². The Bertz CT molecular complexity index is 1110. The molecule has 142 valence electrons. The molecule has 1 aliphatic heterocycles. The molecule has 1 fully saturated rings. The van der Waals surface area contributed by atoms with E-state index in [1.807, 2.05) is 35.4 Å². The minimum Gasteiger partial charge on any atom is -0.368 e. The van der Waals surface area contributed by atoms with Gasteiger partial charge in [-0.15, -0.1) is 0 Å². The van der Waals surface area contributed by atoms with Crippen molar-refractivity contribution in [3.63, 3.8) is 0 Å². The van der Waals surface area contributed by atoms with E-state index in [0.717, 1.165) is 66.0 Å². The fourth-order valence-electron chi connectivity index (χ4n) is 3.65. The Kier molecular flexibility index (Phi) is 4.25. The van der Waals surface area contributed by atoms with Gasteiger partial charge in [-0.3, -0.25) is 4.68 Å². The highest BCUT2D eigenvalue weighted by Gasteiger charge is 2.12. The number of fused-ring (bicyclic) bond motifs is 3. The molecule has 0 bridgehead atoms. The predicted octanol–water partition coefficient (Wildman–Crippen LogP) is 2.55. The van der Waals surface area contributed by atoms with Crippen molar-refractivity contribution in [2.75, 3.05) is 36.4 Å². The molecule has 1 aliphatic rings. The van der Waals surface area contributed by atoms with Crippen LogP contribution in [0.25, 0.3) is 21.8 Å². The molecular weight excluding hydrogens is 352 g/mol. The van der Waals surface area contributed by atoms with Crippen LogP contribution in [0.5, 0.6) is 0 Å². The van der Waals surface area contributed by atoms with Crippen LogP contribution in [-0.4, -0.2) is 50.9 Å². The van der Waals surface area contributed by atoms with Crippen LogP contribution >= 0.6 is 0 Å². The van der Waals surface area contributed by atoms with E-state index in [-0.39, 0.29) is 0 Å². The molecule has 8 heteroatoms. The lowest BCUT2D eigenvalue weighted by Crippen LogP contribution is -2.43. The minimum atomic E-state index is 0.534. The number of rotatable bonds is 4. The molecule has 3 aromatic heterocycles. The van der Waals surface area contributed by atoms with Crippen LogP contribution in [0.15, 0.2) is 42.9 Å². The Labute approximate surface area is 162 Å². The summed E-state index contributed by atoms with van der Waals surface area (Å²) in [5.41, 5.74) is 3.07. The number of hydrogen-bond acceptors (Lipinski definition) is 7. The van der Waals surface area contributed by atoms with E-state index < -0.39 is 0 Å². The van der Waals surface area contributed by atoms with Crippen molar-refractivity contribution in [3.8, 4) is 0 Å². The molecule has 5 rings (SSSR count). The van der Waals surface area contributed by atoms with Gasteiger partial charge in [-0.1, -0.05) is 12.1 Å². The molecule has 0 aliphatic carbocycles. The van der Waals surface area contributed by atoms with Crippen molar-refractivity contribution >= 4 is 39.3 Å². The van der Waals surface area contributed by atoms with E-state index in [9.17, 15) is 0 Å². The third-order valence-electron chi connectivity index (χ3n) is 5.12. The third kappa shape index (κ3) is 3.01. The first-order valence-electron chi connectivity index (χ1n) is 9.62. The number of pyridine rings is 1. The van der Waals surface area contributed by atoms with Crippen molar-refractivity contribution in [3.05, 3.63) is 42.9 Å². The molecule has 1 aromatic carbocycles. The van der Waals surface area contributed by atoms with Gasteiger partial charge < -0.3 is 15.5 Å². The number of nitrogens with one attached hydrogen (secondary N) is 2. The summed E-state index contributed by atoms with van der Waals surface area (Å²) in [6.07, 6.45) is 5.62. The Morgan fingerprint density at radius 1 is 1.00 bits per heavy atom. The summed E-state index contributed by atoms with van der Waals surface area (Å²) in [7, 11) is 0. The van der Waals surface area contributed by atoms with E-state index in [2.05, 4.69) is 49.7 Å². The maximum atomic E-state index is 4.75. The standard InChI is InChI=1S/C20H22N8/c1-2-28-19-15(12-24-28)4-3-14-11-23-20(26-18(14)19)25-17-6-5-16(13-22-17)27-9-7-21-8-10-27/h3-6,11-13,21H,2,7-10H2,1H3,(H,22,23,25,26). The number of piperazine rings is 1. The molecule has 4 heterocycles. The van der Waals surface area contributed by atoms with Gasteiger partial charge in [0, 0.05) is 49.7 Å². The van der Waals surface area contributed by atoms with Gasteiger partial charge in [0.1, 0.15) is 11.3 Å². The highest BCUT2D eigenvalue weighted by molar-refractivity contribution is 6.03. The number of aryl methyl sites for hydroxylation is 1. The average Bonchev–Trinajstić information content (AvgIpc) is 3.19. The zero-order chi connectivity index (χ0) is 18.9. The summed E-state index contributed by atoms with van der Waals surface area (Å²) in [6.45, 7) is 6.90. The lowest BCUT2D eigenvalue weighted by Gasteiger charge is -2.29. The number of benzene rings is 1. The predicted molar refractivity (Wildman–Crippen MR) is 111 cm³/mol. The topological polar surface area (TPSA) is 83.8 Å². The smallest absolute Gasteiger partial charge is 0.228 e. The maximum Gasteiger partial charge on any atom is 0.228 e.